The monoisotopic (exact) mass is 510 g/mol. The summed E-state index contributed by atoms with van der Waals surface area (Å²) in [6.07, 6.45) is 23.3. The van der Waals surface area contributed by atoms with Crippen molar-refractivity contribution in [3.63, 3.8) is 0 Å². The van der Waals surface area contributed by atoms with Gasteiger partial charge in [-0.05, 0) is 11.5 Å². The zero-order valence-corrected chi connectivity index (χ0v) is 26.1. The van der Waals surface area contributed by atoms with Crippen LogP contribution < -0.4 is 17.7 Å². The molecule has 0 amide bonds. The van der Waals surface area contributed by atoms with E-state index in [9.17, 15) is 0 Å². The zero-order valence-electron chi connectivity index (χ0n) is 23.4. The largest absolute Gasteiger partial charge is 1.00 e. The van der Waals surface area contributed by atoms with Gasteiger partial charge in [-0.25, -0.2) is 0 Å². The fourth-order valence-corrected chi connectivity index (χ4v) is 4.81. The number of halogens is 1. The smallest absolute Gasteiger partial charge is 0.240 e. The lowest BCUT2D eigenvalue weighted by atomic mass is 10.0. The van der Waals surface area contributed by atoms with Gasteiger partial charge < -0.3 is 12.4 Å². The van der Waals surface area contributed by atoms with Crippen molar-refractivity contribution < 1.29 is 31.9 Å². The van der Waals surface area contributed by atoms with Crippen LogP contribution in [0.3, 0.4) is 0 Å². The Labute approximate surface area is 216 Å². The molecule has 202 valence electrons. The lowest BCUT2D eigenvalue weighted by Gasteiger charge is -2.35. The fraction of sp³-hybridized carbons (Fsp3) is 1.00. The summed E-state index contributed by atoms with van der Waals surface area (Å²) < 4.78 is 0. The Bertz CT molecular complexity index is 399. The van der Waals surface area contributed by atoms with Gasteiger partial charge in [0.2, 0.25) is 6.17 Å². The van der Waals surface area contributed by atoms with Gasteiger partial charge in [-0.1, -0.05) is 117 Å². The van der Waals surface area contributed by atoms with Crippen LogP contribution in [0.2, 0.25) is 5.04 Å². The van der Waals surface area contributed by atoms with Crippen molar-refractivity contribution in [2.45, 2.75) is 141 Å². The van der Waals surface area contributed by atoms with Gasteiger partial charge in [0.15, 0.2) is 0 Å². The first-order valence-corrected chi connectivity index (χ1v) is 14.6. The highest BCUT2D eigenvalue weighted by Crippen LogP contribution is 2.30. The molecular weight excluding hydrogens is 452 g/mol. The molecule has 33 heavy (non-hydrogen) atoms. The van der Waals surface area contributed by atoms with E-state index in [1.165, 1.54) is 103 Å². The Balaban J connectivity index is 0. The maximum absolute atomic E-state index is 5.57. The van der Waals surface area contributed by atoms with Gasteiger partial charge in [-0.3, -0.25) is 5.32 Å². The number of rotatable bonds is 24. The van der Waals surface area contributed by atoms with E-state index >= 15 is 0 Å². The summed E-state index contributed by atoms with van der Waals surface area (Å²) in [7, 11) is 6.02. The van der Waals surface area contributed by atoms with Crippen molar-refractivity contribution >= 4 is 10.2 Å². The molecule has 1 N–H and O–H groups in total. The van der Waals surface area contributed by atoms with Crippen LogP contribution in [0.25, 0.3) is 0 Å². The first-order valence-electron chi connectivity index (χ1n) is 13.6. The highest BCUT2D eigenvalue weighted by Gasteiger charge is 2.44. The second-order valence-electron chi connectivity index (χ2n) is 10.6. The molecule has 0 aliphatic heterocycles. The zero-order chi connectivity index (χ0) is 24.1. The van der Waals surface area contributed by atoms with E-state index in [-0.39, 0.29) is 28.6 Å². The summed E-state index contributed by atoms with van der Waals surface area (Å²) in [6, 6.07) is 0. The molecule has 0 radical (unpaired) electrons. The van der Waals surface area contributed by atoms with Crippen LogP contribution in [0.1, 0.15) is 130 Å². The lowest BCUT2D eigenvalue weighted by Crippen LogP contribution is -3.00. The molecule has 0 spiro atoms. The second kappa shape index (κ2) is 22.8. The number of nitrogens with zero attached hydrogens (tertiary/aromatic N) is 1. The number of nitrogens with one attached hydrogen (secondary N) is 1. The highest BCUT2D eigenvalue weighted by molar-refractivity contribution is 6.14. The predicted molar refractivity (Wildman–Crippen MR) is 141 cm³/mol. The van der Waals surface area contributed by atoms with E-state index in [1.807, 2.05) is 0 Å². The van der Waals surface area contributed by atoms with Gasteiger partial charge >= 0.3 is 0 Å². The van der Waals surface area contributed by atoms with Crippen LogP contribution in [0, 0.1) is 0 Å². The molecule has 0 aromatic rings. The van der Waals surface area contributed by atoms with Crippen LogP contribution in [-0.4, -0.2) is 49.3 Å². The van der Waals surface area contributed by atoms with Gasteiger partial charge in [0, 0.05) is 23.2 Å². The molecule has 0 aliphatic carbocycles. The summed E-state index contributed by atoms with van der Waals surface area (Å²) in [4.78, 5) is 16.5. The minimum atomic E-state index is -0.259. The Kier molecular flexibility index (Phi) is 24.5. The summed E-state index contributed by atoms with van der Waals surface area (Å²) >= 11 is 0. The number of hydrogen-bond acceptors (Lipinski definition) is 4. The molecule has 0 saturated heterocycles. The average Bonchev–Trinajstić information content (AvgIpc) is 2.76. The van der Waals surface area contributed by atoms with Gasteiger partial charge in [-0.2, -0.15) is 0 Å². The quantitative estimate of drug-likeness (QED) is 0.0707. The Hall–Kier alpha value is 0.307. The van der Waals surface area contributed by atoms with Crippen LogP contribution in [0.15, 0.2) is 0 Å². The Morgan fingerprint density at radius 2 is 1.00 bits per heavy atom. The molecule has 0 bridgehead atoms. The summed E-state index contributed by atoms with van der Waals surface area (Å²) in [6.45, 7) is 7.84. The predicted octanol–water partition coefficient (Wildman–Crippen LogP) is 3.62. The standard InChI is InChI=1S/C26H59N2O3Si.ClH/c1-7-8-9-10-11-12-13-14-15-16-17-18-19-20-21-22-23-27-25(24-26(2,3)32)28(29-4,30-5)31-6;/h25,27H,7-24H2,1-6,32H3;1H/q+1;/p-1. The summed E-state index contributed by atoms with van der Waals surface area (Å²) in [5.74, 6) is 0. The molecule has 1 atom stereocenters. The van der Waals surface area contributed by atoms with E-state index in [2.05, 4.69) is 26.1 Å². The molecular formula is C26H59ClN2O3Si. The normalized spacial score (nSPS) is 13.3. The molecule has 0 fully saturated rings. The third kappa shape index (κ3) is 19.2. The maximum Gasteiger partial charge on any atom is 0.240 e. The molecule has 0 heterocycles. The van der Waals surface area contributed by atoms with Crippen molar-refractivity contribution in [2.75, 3.05) is 27.9 Å². The number of hydrogen-bond donors (Lipinski definition) is 1. The second-order valence-corrected chi connectivity index (χ2v) is 13.3. The van der Waals surface area contributed by atoms with Crippen molar-refractivity contribution in [3.05, 3.63) is 0 Å². The summed E-state index contributed by atoms with van der Waals surface area (Å²) in [5.41, 5.74) is 0. The van der Waals surface area contributed by atoms with Crippen molar-refractivity contribution in [3.8, 4) is 0 Å². The number of unbranched alkanes of at least 4 members (excludes halogenated alkanes) is 15. The van der Waals surface area contributed by atoms with Gasteiger partial charge in [0.25, 0.3) is 0 Å². The van der Waals surface area contributed by atoms with Crippen molar-refractivity contribution in [1.29, 1.82) is 0 Å². The highest BCUT2D eigenvalue weighted by atomic mass is 35.5. The number of hydroxylamine groups is 3. The maximum atomic E-state index is 5.57. The topological polar surface area (TPSA) is 39.7 Å². The molecule has 0 aromatic carbocycles. The molecule has 0 rings (SSSR count). The van der Waals surface area contributed by atoms with Crippen LogP contribution in [-0.2, 0) is 14.5 Å². The molecule has 0 aliphatic rings. The molecule has 1 unspecified atom stereocenters. The molecule has 0 aromatic heterocycles. The van der Waals surface area contributed by atoms with E-state index in [0.29, 0.717) is 0 Å². The molecule has 0 saturated carbocycles. The molecule has 5 nitrogen and oxygen atoms in total. The third-order valence-corrected chi connectivity index (χ3v) is 6.77. The van der Waals surface area contributed by atoms with E-state index in [1.54, 1.807) is 21.3 Å². The molecule has 7 heteroatoms. The Morgan fingerprint density at radius 1 is 0.667 bits per heavy atom. The van der Waals surface area contributed by atoms with Crippen molar-refractivity contribution in [1.82, 2.24) is 5.32 Å². The van der Waals surface area contributed by atoms with Crippen molar-refractivity contribution in [2.24, 2.45) is 0 Å². The van der Waals surface area contributed by atoms with Crippen LogP contribution in [0.5, 0.6) is 0 Å². The first kappa shape index (κ1) is 35.5. The first-order chi connectivity index (χ1) is 15.3. The fourth-order valence-electron chi connectivity index (χ4n) is 4.42. The van der Waals surface area contributed by atoms with E-state index < -0.39 is 0 Å². The van der Waals surface area contributed by atoms with Crippen LogP contribution >= 0.6 is 0 Å². The average molecular weight is 511 g/mol. The lowest BCUT2D eigenvalue weighted by molar-refractivity contribution is -1.37. The Morgan fingerprint density at radius 3 is 1.30 bits per heavy atom. The minimum absolute atomic E-state index is 0. The van der Waals surface area contributed by atoms with Gasteiger partial charge in [0.05, 0.1) is 0 Å². The van der Waals surface area contributed by atoms with Gasteiger partial charge in [-0.15, -0.1) is 14.5 Å². The minimum Gasteiger partial charge on any atom is -1.00 e. The van der Waals surface area contributed by atoms with Gasteiger partial charge in [0.1, 0.15) is 26.3 Å². The SMILES string of the molecule is CCCCCCCCCCCCCCCCCCNC(CC(C)(C)[SiH3])[N+](OC)(OC)OC.[Cl-]. The third-order valence-electron chi connectivity index (χ3n) is 6.36. The number of quaternary nitrogens is 1. The van der Waals surface area contributed by atoms with Crippen LogP contribution in [0.4, 0.5) is 0 Å². The van der Waals surface area contributed by atoms with E-state index in [0.717, 1.165) is 23.2 Å². The summed E-state index contributed by atoms with van der Waals surface area (Å²) in [5, 5.41) is 3.92. The van der Waals surface area contributed by atoms with E-state index in [4.69, 9.17) is 14.5 Å².